The molecule has 1 aliphatic heterocycles. The van der Waals surface area contributed by atoms with E-state index in [1.807, 2.05) is 0 Å². The molecule has 1 unspecified atom stereocenters. The number of rotatable bonds is 5. The van der Waals surface area contributed by atoms with Crippen molar-refractivity contribution in [2.45, 2.75) is 39.8 Å². The van der Waals surface area contributed by atoms with Crippen molar-refractivity contribution in [3.63, 3.8) is 0 Å². The standard InChI is InChI=1S/C18H23N3OS/c1-13(2)10-17(22)20-18-19-15-8-9-21(12-16(15)23-18)11-14-6-4-3-5-7-14/h3-7,13H,8-12H2,1-2H3,(H,19,20,22)/p+1. The minimum atomic E-state index is 0.0691. The molecule has 0 saturated carbocycles. The number of quaternary nitrogens is 1. The second-order valence-electron chi connectivity index (χ2n) is 6.62. The Kier molecular flexibility index (Phi) is 5.08. The van der Waals surface area contributed by atoms with Crippen LogP contribution in [-0.4, -0.2) is 17.4 Å². The second kappa shape index (κ2) is 7.23. The third-order valence-corrected chi connectivity index (χ3v) is 5.05. The summed E-state index contributed by atoms with van der Waals surface area (Å²) in [5.41, 5.74) is 2.55. The first kappa shape index (κ1) is 16.1. The first-order valence-electron chi connectivity index (χ1n) is 8.26. The highest BCUT2D eigenvalue weighted by atomic mass is 32.1. The molecule has 0 saturated heterocycles. The van der Waals surface area contributed by atoms with Gasteiger partial charge in [0.05, 0.1) is 17.1 Å². The Morgan fingerprint density at radius 3 is 2.87 bits per heavy atom. The van der Waals surface area contributed by atoms with Crippen molar-refractivity contribution in [1.82, 2.24) is 4.98 Å². The smallest absolute Gasteiger partial charge is 0.226 e. The highest BCUT2D eigenvalue weighted by molar-refractivity contribution is 7.15. The highest BCUT2D eigenvalue weighted by Crippen LogP contribution is 2.24. The van der Waals surface area contributed by atoms with E-state index in [9.17, 15) is 4.79 Å². The number of nitrogens with zero attached hydrogens (tertiary/aromatic N) is 1. The maximum atomic E-state index is 11.9. The van der Waals surface area contributed by atoms with Gasteiger partial charge in [-0.1, -0.05) is 55.5 Å². The molecule has 4 nitrogen and oxygen atoms in total. The van der Waals surface area contributed by atoms with Gasteiger partial charge >= 0.3 is 0 Å². The van der Waals surface area contributed by atoms with Crippen molar-refractivity contribution in [2.24, 2.45) is 5.92 Å². The molecule has 23 heavy (non-hydrogen) atoms. The third-order valence-electron chi connectivity index (χ3n) is 4.04. The number of benzene rings is 1. The lowest BCUT2D eigenvalue weighted by atomic mass is 10.1. The summed E-state index contributed by atoms with van der Waals surface area (Å²) in [5.74, 6) is 0.440. The molecule has 2 N–H and O–H groups in total. The molecule has 122 valence electrons. The maximum Gasteiger partial charge on any atom is 0.226 e. The normalized spacial score (nSPS) is 17.1. The fraction of sp³-hybridized carbons (Fsp3) is 0.444. The number of carbonyl (C=O) groups is 1. The van der Waals surface area contributed by atoms with Crippen LogP contribution in [0.5, 0.6) is 0 Å². The highest BCUT2D eigenvalue weighted by Gasteiger charge is 2.24. The topological polar surface area (TPSA) is 46.4 Å². The molecule has 2 heterocycles. The molecule has 2 aromatic rings. The number of hydrogen-bond acceptors (Lipinski definition) is 3. The van der Waals surface area contributed by atoms with Gasteiger partial charge in [0.25, 0.3) is 0 Å². The molecule has 0 bridgehead atoms. The Morgan fingerprint density at radius 2 is 2.13 bits per heavy atom. The summed E-state index contributed by atoms with van der Waals surface area (Å²) >= 11 is 1.64. The number of aromatic nitrogens is 1. The largest absolute Gasteiger partial charge is 0.326 e. The lowest BCUT2D eigenvalue weighted by Crippen LogP contribution is -3.10. The summed E-state index contributed by atoms with van der Waals surface area (Å²) in [6.07, 6.45) is 1.55. The molecule has 1 atom stereocenters. The number of amides is 1. The van der Waals surface area contributed by atoms with Crippen LogP contribution in [0.2, 0.25) is 0 Å². The van der Waals surface area contributed by atoms with E-state index >= 15 is 0 Å². The van der Waals surface area contributed by atoms with Gasteiger partial charge in [-0.15, -0.1) is 0 Å². The van der Waals surface area contributed by atoms with Crippen LogP contribution in [0.1, 0.15) is 36.4 Å². The third kappa shape index (κ3) is 4.39. The number of nitrogens with one attached hydrogen (secondary N) is 2. The zero-order chi connectivity index (χ0) is 16.2. The number of fused-ring (bicyclic) bond motifs is 1. The van der Waals surface area contributed by atoms with E-state index in [2.05, 4.69) is 54.5 Å². The maximum absolute atomic E-state index is 11.9. The van der Waals surface area contributed by atoms with Crippen molar-refractivity contribution >= 4 is 22.4 Å². The van der Waals surface area contributed by atoms with Crippen LogP contribution in [0, 0.1) is 5.92 Å². The molecule has 5 heteroatoms. The van der Waals surface area contributed by atoms with Crippen molar-refractivity contribution in [3.8, 4) is 0 Å². The van der Waals surface area contributed by atoms with Crippen LogP contribution in [0.15, 0.2) is 30.3 Å². The van der Waals surface area contributed by atoms with Crippen molar-refractivity contribution in [2.75, 3.05) is 11.9 Å². The molecule has 3 rings (SSSR count). The molecule has 1 amide bonds. The average Bonchev–Trinajstić information content (AvgIpc) is 2.88. The molecule has 1 aromatic carbocycles. The number of anilines is 1. The van der Waals surface area contributed by atoms with Crippen molar-refractivity contribution in [3.05, 3.63) is 46.5 Å². The SMILES string of the molecule is CC(C)CC(=O)Nc1nc2c(s1)C[NH+](Cc1ccccc1)CC2. The van der Waals surface area contributed by atoms with Crippen LogP contribution in [-0.2, 0) is 24.3 Å². The van der Waals surface area contributed by atoms with Crippen LogP contribution < -0.4 is 10.2 Å². The molecule has 0 radical (unpaired) electrons. The van der Waals surface area contributed by atoms with Gasteiger partial charge in [0.1, 0.15) is 13.1 Å². The summed E-state index contributed by atoms with van der Waals surface area (Å²) in [6, 6.07) is 10.6. The monoisotopic (exact) mass is 330 g/mol. The lowest BCUT2D eigenvalue weighted by molar-refractivity contribution is -0.929. The second-order valence-corrected chi connectivity index (χ2v) is 7.71. The van der Waals surface area contributed by atoms with Gasteiger partial charge in [0, 0.05) is 18.4 Å². The van der Waals surface area contributed by atoms with E-state index in [0.717, 1.165) is 31.2 Å². The van der Waals surface area contributed by atoms with Crippen LogP contribution in [0.3, 0.4) is 0 Å². The van der Waals surface area contributed by atoms with Gasteiger partial charge in [-0.25, -0.2) is 4.98 Å². The summed E-state index contributed by atoms with van der Waals surface area (Å²) in [5, 5.41) is 3.72. The fourth-order valence-electron chi connectivity index (χ4n) is 2.96. The van der Waals surface area contributed by atoms with Crippen molar-refractivity contribution in [1.29, 1.82) is 0 Å². The Balaban J connectivity index is 1.61. The van der Waals surface area contributed by atoms with Gasteiger partial charge in [0.15, 0.2) is 5.13 Å². The predicted octanol–water partition coefficient (Wildman–Crippen LogP) is 2.27. The quantitative estimate of drug-likeness (QED) is 0.883. The van der Waals surface area contributed by atoms with Crippen LogP contribution in [0.4, 0.5) is 5.13 Å². The van der Waals surface area contributed by atoms with Crippen LogP contribution in [0.25, 0.3) is 0 Å². The molecular formula is C18H24N3OS+. The molecule has 0 aliphatic carbocycles. The van der Waals surface area contributed by atoms with E-state index in [-0.39, 0.29) is 5.91 Å². The Morgan fingerprint density at radius 1 is 1.35 bits per heavy atom. The van der Waals surface area contributed by atoms with Crippen molar-refractivity contribution < 1.29 is 9.69 Å². The lowest BCUT2D eigenvalue weighted by Gasteiger charge is -2.22. The van der Waals surface area contributed by atoms with E-state index in [0.29, 0.717) is 12.3 Å². The number of carbonyl (C=O) groups excluding carboxylic acids is 1. The molecule has 1 aromatic heterocycles. The zero-order valence-electron chi connectivity index (χ0n) is 13.8. The van der Waals surface area contributed by atoms with E-state index in [1.165, 1.54) is 16.1 Å². The summed E-state index contributed by atoms with van der Waals surface area (Å²) in [7, 11) is 0. The minimum absolute atomic E-state index is 0.0691. The van der Waals surface area contributed by atoms with Gasteiger partial charge in [-0.2, -0.15) is 0 Å². The van der Waals surface area contributed by atoms with E-state index in [1.54, 1.807) is 16.2 Å². The Bertz CT molecular complexity index is 666. The van der Waals surface area contributed by atoms with Gasteiger partial charge in [-0.05, 0) is 5.92 Å². The molecule has 0 spiro atoms. The molecule has 0 fully saturated rings. The summed E-state index contributed by atoms with van der Waals surface area (Å²) in [6.45, 7) is 7.26. The van der Waals surface area contributed by atoms with Gasteiger partial charge < -0.3 is 10.2 Å². The number of thiazole rings is 1. The summed E-state index contributed by atoms with van der Waals surface area (Å²) in [4.78, 5) is 19.4. The van der Waals surface area contributed by atoms with Gasteiger partial charge in [0.2, 0.25) is 5.91 Å². The Hall–Kier alpha value is -1.72. The fourth-order valence-corrected chi connectivity index (χ4v) is 4.05. The molecular weight excluding hydrogens is 306 g/mol. The van der Waals surface area contributed by atoms with Crippen LogP contribution >= 0.6 is 11.3 Å². The van der Waals surface area contributed by atoms with E-state index < -0.39 is 0 Å². The van der Waals surface area contributed by atoms with Gasteiger partial charge in [-0.3, -0.25) is 4.79 Å². The summed E-state index contributed by atoms with van der Waals surface area (Å²) < 4.78 is 0. The zero-order valence-corrected chi connectivity index (χ0v) is 14.6. The first-order valence-corrected chi connectivity index (χ1v) is 9.07. The number of hydrogen-bond donors (Lipinski definition) is 2. The first-order chi connectivity index (χ1) is 11.1. The average molecular weight is 330 g/mol. The minimum Gasteiger partial charge on any atom is -0.326 e. The van der Waals surface area contributed by atoms with E-state index in [4.69, 9.17) is 0 Å². The molecule has 1 aliphatic rings. The Labute approximate surface area is 141 Å². The predicted molar refractivity (Wildman–Crippen MR) is 93.6 cm³/mol.